The molecular weight excluding hydrogens is 244 g/mol. The largest absolute Gasteiger partial charge is 0.386 e. The highest BCUT2D eigenvalue weighted by molar-refractivity contribution is 7.09. The van der Waals surface area contributed by atoms with E-state index in [9.17, 15) is 5.11 Å². The van der Waals surface area contributed by atoms with E-state index >= 15 is 0 Å². The fraction of sp³-hybridized carbons (Fsp3) is 0.143. The lowest BCUT2D eigenvalue weighted by molar-refractivity contribution is 0.174. The topological polar surface area (TPSA) is 46.0 Å². The molecule has 0 spiro atoms. The molecule has 0 bridgehead atoms. The number of hydrogen-bond acceptors (Lipinski definition) is 4. The number of nitrogens with zero attached hydrogens (tertiary/aromatic N) is 2. The predicted octanol–water partition coefficient (Wildman–Crippen LogP) is 2.97. The van der Waals surface area contributed by atoms with Gasteiger partial charge in [0.1, 0.15) is 6.10 Å². The molecular formula is C14H12N2OS. The lowest BCUT2D eigenvalue weighted by atomic mass is 10.1. The van der Waals surface area contributed by atoms with Crippen molar-refractivity contribution >= 4 is 22.4 Å². The van der Waals surface area contributed by atoms with Crippen molar-refractivity contribution in [2.75, 3.05) is 0 Å². The van der Waals surface area contributed by atoms with Crippen molar-refractivity contribution in [3.63, 3.8) is 0 Å². The number of benzene rings is 1. The molecule has 3 rings (SSSR count). The molecule has 1 unspecified atom stereocenters. The van der Waals surface area contributed by atoms with Crippen LogP contribution in [-0.4, -0.2) is 15.1 Å². The molecule has 0 aliphatic rings. The molecule has 0 amide bonds. The van der Waals surface area contributed by atoms with Crippen LogP contribution in [0.15, 0.2) is 48.0 Å². The zero-order valence-electron chi connectivity index (χ0n) is 9.65. The van der Waals surface area contributed by atoms with Gasteiger partial charge in [-0.3, -0.25) is 4.98 Å². The maximum absolute atomic E-state index is 10.2. The van der Waals surface area contributed by atoms with E-state index in [0.29, 0.717) is 12.1 Å². The molecule has 0 saturated heterocycles. The minimum Gasteiger partial charge on any atom is -0.386 e. The van der Waals surface area contributed by atoms with Gasteiger partial charge >= 0.3 is 0 Å². The number of aromatic nitrogens is 2. The quantitative estimate of drug-likeness (QED) is 0.783. The van der Waals surface area contributed by atoms with Crippen LogP contribution in [0, 0.1) is 0 Å². The van der Waals surface area contributed by atoms with E-state index in [1.54, 1.807) is 17.5 Å². The van der Waals surface area contributed by atoms with E-state index in [2.05, 4.69) is 9.97 Å². The van der Waals surface area contributed by atoms with E-state index < -0.39 is 6.10 Å². The average molecular weight is 256 g/mol. The Morgan fingerprint density at radius 2 is 1.94 bits per heavy atom. The molecule has 2 heterocycles. The van der Waals surface area contributed by atoms with Gasteiger partial charge in [-0.25, -0.2) is 4.98 Å². The van der Waals surface area contributed by atoms with Crippen LogP contribution in [0.1, 0.15) is 16.7 Å². The van der Waals surface area contributed by atoms with Crippen molar-refractivity contribution in [1.29, 1.82) is 0 Å². The summed E-state index contributed by atoms with van der Waals surface area (Å²) in [5.41, 5.74) is 2.30. The van der Waals surface area contributed by atoms with Gasteiger partial charge in [0.2, 0.25) is 0 Å². The summed E-state index contributed by atoms with van der Waals surface area (Å²) in [5.74, 6) is 0. The molecule has 18 heavy (non-hydrogen) atoms. The Kier molecular flexibility index (Phi) is 3.04. The van der Waals surface area contributed by atoms with Crippen molar-refractivity contribution in [1.82, 2.24) is 9.97 Å². The van der Waals surface area contributed by atoms with Gasteiger partial charge in [0, 0.05) is 11.3 Å². The lowest BCUT2D eigenvalue weighted by Gasteiger charge is -2.09. The number of para-hydroxylation sites is 2. The van der Waals surface area contributed by atoms with Crippen molar-refractivity contribution < 1.29 is 5.11 Å². The van der Waals surface area contributed by atoms with E-state index in [1.807, 2.05) is 41.8 Å². The molecule has 1 N–H and O–H groups in total. The summed E-state index contributed by atoms with van der Waals surface area (Å²) in [6.07, 6.45) is 1.64. The summed E-state index contributed by atoms with van der Waals surface area (Å²) in [7, 11) is 0. The van der Waals surface area contributed by atoms with Gasteiger partial charge in [0.25, 0.3) is 0 Å². The van der Waals surface area contributed by atoms with Gasteiger partial charge in [0.05, 0.1) is 22.9 Å². The van der Waals surface area contributed by atoms with Crippen LogP contribution in [0.3, 0.4) is 0 Å². The zero-order chi connectivity index (χ0) is 12.4. The summed E-state index contributed by atoms with van der Waals surface area (Å²) in [5, 5.41) is 12.2. The average Bonchev–Trinajstić information content (AvgIpc) is 2.91. The second-order valence-corrected chi connectivity index (χ2v) is 5.12. The van der Waals surface area contributed by atoms with Gasteiger partial charge in [-0.2, -0.15) is 0 Å². The van der Waals surface area contributed by atoms with Gasteiger partial charge in [-0.05, 0) is 23.6 Å². The highest BCUT2D eigenvalue weighted by atomic mass is 32.1. The molecule has 0 aliphatic carbocycles. The van der Waals surface area contributed by atoms with Gasteiger partial charge < -0.3 is 5.11 Å². The third-order valence-electron chi connectivity index (χ3n) is 2.78. The number of hydrogen-bond donors (Lipinski definition) is 1. The van der Waals surface area contributed by atoms with Crippen LogP contribution in [-0.2, 0) is 6.42 Å². The fourth-order valence-electron chi connectivity index (χ4n) is 1.86. The lowest BCUT2D eigenvalue weighted by Crippen LogP contribution is -2.04. The molecule has 0 radical (unpaired) electrons. The molecule has 3 nitrogen and oxygen atoms in total. The third-order valence-corrected chi connectivity index (χ3v) is 3.68. The van der Waals surface area contributed by atoms with Crippen molar-refractivity contribution in [3.05, 3.63) is 58.5 Å². The SMILES string of the molecule is OC(Cc1cccs1)c1cnc2ccccc2n1. The van der Waals surface area contributed by atoms with Gasteiger partial charge in [-0.15, -0.1) is 11.3 Å². The van der Waals surface area contributed by atoms with Crippen molar-refractivity contribution in [2.45, 2.75) is 12.5 Å². The number of aliphatic hydroxyl groups is 1. The molecule has 4 heteroatoms. The highest BCUT2D eigenvalue weighted by Gasteiger charge is 2.11. The molecule has 90 valence electrons. The predicted molar refractivity (Wildman–Crippen MR) is 72.5 cm³/mol. The van der Waals surface area contributed by atoms with E-state index in [4.69, 9.17) is 0 Å². The number of aliphatic hydroxyl groups excluding tert-OH is 1. The maximum Gasteiger partial charge on any atom is 0.102 e. The Balaban J connectivity index is 1.89. The van der Waals surface area contributed by atoms with E-state index in [0.717, 1.165) is 15.9 Å². The van der Waals surface area contributed by atoms with Crippen LogP contribution in [0.5, 0.6) is 0 Å². The Bertz CT molecular complexity index is 652. The molecule has 3 aromatic rings. The second kappa shape index (κ2) is 4.84. The molecule has 1 aromatic carbocycles. The molecule has 2 aromatic heterocycles. The zero-order valence-corrected chi connectivity index (χ0v) is 10.5. The van der Waals surface area contributed by atoms with Gasteiger partial charge in [0.15, 0.2) is 0 Å². The first kappa shape index (κ1) is 11.3. The first-order valence-corrected chi connectivity index (χ1v) is 6.63. The van der Waals surface area contributed by atoms with Crippen LogP contribution >= 0.6 is 11.3 Å². The summed E-state index contributed by atoms with van der Waals surface area (Å²) >= 11 is 1.64. The smallest absolute Gasteiger partial charge is 0.102 e. The minimum absolute atomic E-state index is 0.588. The molecule has 0 fully saturated rings. The Hall–Kier alpha value is -1.78. The molecule has 0 saturated carbocycles. The summed E-state index contributed by atoms with van der Waals surface area (Å²) < 4.78 is 0. The molecule has 1 atom stereocenters. The Morgan fingerprint density at radius 3 is 2.72 bits per heavy atom. The normalized spacial score (nSPS) is 12.7. The minimum atomic E-state index is -0.597. The molecule has 0 aliphatic heterocycles. The Morgan fingerprint density at radius 1 is 1.11 bits per heavy atom. The van der Waals surface area contributed by atoms with Gasteiger partial charge in [-0.1, -0.05) is 18.2 Å². The van der Waals surface area contributed by atoms with Crippen LogP contribution < -0.4 is 0 Å². The third kappa shape index (κ3) is 2.25. The number of fused-ring (bicyclic) bond motifs is 1. The van der Waals surface area contributed by atoms with E-state index in [-0.39, 0.29) is 0 Å². The van der Waals surface area contributed by atoms with Crippen LogP contribution in [0.25, 0.3) is 11.0 Å². The standard InChI is InChI=1S/C14H12N2OS/c17-14(8-10-4-3-7-18-10)13-9-15-11-5-1-2-6-12(11)16-13/h1-7,9,14,17H,8H2. The number of rotatable bonds is 3. The summed E-state index contributed by atoms with van der Waals surface area (Å²) in [6, 6.07) is 11.7. The maximum atomic E-state index is 10.2. The Labute approximate surface area is 109 Å². The number of thiophene rings is 1. The van der Waals surface area contributed by atoms with E-state index in [1.165, 1.54) is 0 Å². The van der Waals surface area contributed by atoms with Crippen molar-refractivity contribution in [3.8, 4) is 0 Å². The highest BCUT2D eigenvalue weighted by Crippen LogP contribution is 2.20. The van der Waals surface area contributed by atoms with Crippen LogP contribution in [0.4, 0.5) is 0 Å². The summed E-state index contributed by atoms with van der Waals surface area (Å²) in [4.78, 5) is 9.91. The van der Waals surface area contributed by atoms with Crippen LogP contribution in [0.2, 0.25) is 0 Å². The van der Waals surface area contributed by atoms with Crippen molar-refractivity contribution in [2.24, 2.45) is 0 Å². The first-order valence-electron chi connectivity index (χ1n) is 5.75. The monoisotopic (exact) mass is 256 g/mol. The first-order chi connectivity index (χ1) is 8.83. The summed E-state index contributed by atoms with van der Waals surface area (Å²) in [6.45, 7) is 0. The second-order valence-electron chi connectivity index (χ2n) is 4.08. The fourth-order valence-corrected chi connectivity index (χ4v) is 2.60.